The Morgan fingerprint density at radius 1 is 0.806 bits per heavy atom. The fraction of sp³-hybridized carbons (Fsp3) is 0.333. The van der Waals surface area contributed by atoms with E-state index in [4.69, 9.17) is 42.1 Å². The van der Waals surface area contributed by atoms with Crippen LogP contribution in [-0.2, 0) is 4.79 Å². The first-order valence-corrected chi connectivity index (χ1v) is 10.4. The minimum absolute atomic E-state index is 0.220. The van der Waals surface area contributed by atoms with Crippen LogP contribution in [0.4, 0.5) is 0 Å². The number of nitrogens with one attached hydrogen (secondary N) is 2. The number of carbonyl (C=O) groups is 2. The molecule has 0 aromatic heterocycles. The van der Waals surface area contributed by atoms with E-state index in [0.717, 1.165) is 0 Å². The Bertz CT molecular complexity index is 896. The topological polar surface area (TPSA) is 95.1 Å². The van der Waals surface area contributed by atoms with Gasteiger partial charge < -0.3 is 18.9 Å². The number of ether oxygens (including phenoxy) is 4. The third kappa shape index (κ3) is 7.11. The van der Waals surface area contributed by atoms with Gasteiger partial charge in [-0.2, -0.15) is 0 Å². The molecule has 2 N–H and O–H groups in total. The molecule has 2 aromatic rings. The zero-order valence-corrected chi connectivity index (χ0v) is 18.9. The molecule has 31 heavy (non-hydrogen) atoms. The first-order chi connectivity index (χ1) is 14.9. The van der Waals surface area contributed by atoms with Gasteiger partial charge in [0.1, 0.15) is 5.75 Å². The quantitative estimate of drug-likeness (QED) is 0.509. The van der Waals surface area contributed by atoms with E-state index in [0.29, 0.717) is 47.8 Å². The van der Waals surface area contributed by atoms with Gasteiger partial charge >= 0.3 is 0 Å². The predicted molar refractivity (Wildman–Crippen MR) is 118 cm³/mol. The van der Waals surface area contributed by atoms with Gasteiger partial charge in [-0.15, -0.1) is 0 Å². The van der Waals surface area contributed by atoms with Crippen LogP contribution in [0.25, 0.3) is 0 Å². The maximum absolute atomic E-state index is 12.5. The van der Waals surface area contributed by atoms with Crippen LogP contribution >= 0.6 is 23.2 Å². The van der Waals surface area contributed by atoms with Crippen LogP contribution in [0.2, 0.25) is 10.0 Å². The first kappa shape index (κ1) is 24.4. The van der Waals surface area contributed by atoms with E-state index in [9.17, 15) is 9.59 Å². The van der Waals surface area contributed by atoms with Crippen LogP contribution in [-0.4, -0.2) is 38.2 Å². The highest BCUT2D eigenvalue weighted by molar-refractivity contribution is 6.35. The van der Waals surface area contributed by atoms with Gasteiger partial charge in [0.2, 0.25) is 5.75 Å². The lowest BCUT2D eigenvalue weighted by molar-refractivity contribution is -0.123. The largest absolute Gasteiger partial charge is 0.490 e. The average Bonchev–Trinajstić information content (AvgIpc) is 2.73. The molecule has 168 valence electrons. The summed E-state index contributed by atoms with van der Waals surface area (Å²) in [7, 11) is 0. The van der Waals surface area contributed by atoms with Crippen molar-refractivity contribution in [3.05, 3.63) is 45.9 Å². The normalized spacial score (nSPS) is 10.2. The molecule has 10 heteroatoms. The number of amides is 2. The van der Waals surface area contributed by atoms with Crippen molar-refractivity contribution in [3.63, 3.8) is 0 Å². The number of carbonyl (C=O) groups excluding carboxylic acids is 2. The molecule has 8 nitrogen and oxygen atoms in total. The molecule has 0 unspecified atom stereocenters. The van der Waals surface area contributed by atoms with Crippen molar-refractivity contribution >= 4 is 35.0 Å². The molecule has 0 saturated heterocycles. The Morgan fingerprint density at radius 3 is 1.97 bits per heavy atom. The van der Waals surface area contributed by atoms with Gasteiger partial charge in [0.15, 0.2) is 18.1 Å². The summed E-state index contributed by atoms with van der Waals surface area (Å²) in [4.78, 5) is 24.6. The molecule has 0 atom stereocenters. The van der Waals surface area contributed by atoms with Gasteiger partial charge in [0.05, 0.1) is 24.8 Å². The highest BCUT2D eigenvalue weighted by Gasteiger charge is 2.19. The minimum Gasteiger partial charge on any atom is -0.490 e. The Balaban J connectivity index is 2.04. The first-order valence-electron chi connectivity index (χ1n) is 9.63. The van der Waals surface area contributed by atoms with Gasteiger partial charge in [0, 0.05) is 10.6 Å². The van der Waals surface area contributed by atoms with E-state index in [1.807, 2.05) is 20.8 Å². The van der Waals surface area contributed by atoms with E-state index >= 15 is 0 Å². The summed E-state index contributed by atoms with van der Waals surface area (Å²) in [6.07, 6.45) is 0. The molecule has 0 spiro atoms. The molecular weight excluding hydrogens is 447 g/mol. The van der Waals surface area contributed by atoms with Gasteiger partial charge in [-0.05, 0) is 51.1 Å². The Hall–Kier alpha value is -2.84. The summed E-state index contributed by atoms with van der Waals surface area (Å²) in [5.74, 6) is 0.296. The van der Waals surface area contributed by atoms with Crippen molar-refractivity contribution < 1.29 is 28.5 Å². The monoisotopic (exact) mass is 470 g/mol. The predicted octanol–water partition coefficient (Wildman–Crippen LogP) is 4.03. The summed E-state index contributed by atoms with van der Waals surface area (Å²) >= 11 is 11.8. The van der Waals surface area contributed by atoms with E-state index in [1.54, 1.807) is 12.1 Å². The number of benzene rings is 2. The number of hydrogen-bond acceptors (Lipinski definition) is 6. The molecule has 0 radical (unpaired) electrons. The maximum atomic E-state index is 12.5. The number of halogens is 2. The molecule has 0 bridgehead atoms. The van der Waals surface area contributed by atoms with E-state index in [1.165, 1.54) is 18.2 Å². The molecule has 0 fully saturated rings. The zero-order chi connectivity index (χ0) is 22.8. The van der Waals surface area contributed by atoms with E-state index < -0.39 is 11.8 Å². The molecule has 2 rings (SSSR count). The molecule has 2 amide bonds. The number of hydrazine groups is 1. The van der Waals surface area contributed by atoms with Crippen molar-refractivity contribution in [1.82, 2.24) is 10.9 Å². The summed E-state index contributed by atoms with van der Waals surface area (Å²) in [5, 5.41) is 0.716. The fourth-order valence-electron chi connectivity index (χ4n) is 2.49. The van der Waals surface area contributed by atoms with Crippen LogP contribution in [0, 0.1) is 0 Å². The second kappa shape index (κ2) is 12.1. The summed E-state index contributed by atoms with van der Waals surface area (Å²) in [6.45, 7) is 6.25. The third-order valence-corrected chi connectivity index (χ3v) is 4.27. The van der Waals surface area contributed by atoms with E-state index in [2.05, 4.69) is 10.9 Å². The van der Waals surface area contributed by atoms with Gasteiger partial charge in [-0.3, -0.25) is 20.4 Å². The fourth-order valence-corrected chi connectivity index (χ4v) is 2.95. The SMILES string of the molecule is CCOc1cc(C(=O)NNC(=O)COc2ccc(Cl)cc2Cl)cc(OCC)c1OCC. The van der Waals surface area contributed by atoms with Crippen molar-refractivity contribution in [2.45, 2.75) is 20.8 Å². The Morgan fingerprint density at radius 2 is 1.42 bits per heavy atom. The lowest BCUT2D eigenvalue weighted by atomic mass is 10.1. The van der Waals surface area contributed by atoms with Crippen LogP contribution in [0.1, 0.15) is 31.1 Å². The minimum atomic E-state index is -0.583. The Labute approximate surface area is 190 Å². The van der Waals surface area contributed by atoms with Crippen molar-refractivity contribution in [2.24, 2.45) is 0 Å². The molecule has 0 aliphatic carbocycles. The van der Waals surface area contributed by atoms with Crippen LogP contribution in [0.5, 0.6) is 23.0 Å². The molecule has 2 aromatic carbocycles. The zero-order valence-electron chi connectivity index (χ0n) is 17.4. The highest BCUT2D eigenvalue weighted by atomic mass is 35.5. The summed E-state index contributed by atoms with van der Waals surface area (Å²) in [6, 6.07) is 7.65. The van der Waals surface area contributed by atoms with Gasteiger partial charge in [-0.1, -0.05) is 23.2 Å². The van der Waals surface area contributed by atoms with Crippen LogP contribution < -0.4 is 29.8 Å². The number of rotatable bonds is 10. The Kier molecular flexibility index (Phi) is 9.55. The number of hydrogen-bond donors (Lipinski definition) is 2. The van der Waals surface area contributed by atoms with Gasteiger partial charge in [0.25, 0.3) is 11.8 Å². The summed E-state index contributed by atoms with van der Waals surface area (Å²) in [5.41, 5.74) is 4.82. The van der Waals surface area contributed by atoms with Gasteiger partial charge in [-0.25, -0.2) is 0 Å². The molecule has 0 aliphatic rings. The van der Waals surface area contributed by atoms with Crippen LogP contribution in [0.3, 0.4) is 0 Å². The van der Waals surface area contributed by atoms with Crippen molar-refractivity contribution in [2.75, 3.05) is 26.4 Å². The van der Waals surface area contributed by atoms with Crippen molar-refractivity contribution in [1.29, 1.82) is 0 Å². The lowest BCUT2D eigenvalue weighted by Crippen LogP contribution is -2.43. The lowest BCUT2D eigenvalue weighted by Gasteiger charge is -2.17. The standard InChI is InChI=1S/C21H24Cl2N2O6/c1-4-28-17-9-13(10-18(29-5-2)20(17)30-6-3)21(27)25-24-19(26)12-31-16-8-7-14(22)11-15(16)23/h7-11H,4-6,12H2,1-3H3,(H,24,26)(H,25,27). The highest BCUT2D eigenvalue weighted by Crippen LogP contribution is 2.39. The molecule has 0 aliphatic heterocycles. The molecule has 0 saturated carbocycles. The smallest absolute Gasteiger partial charge is 0.276 e. The van der Waals surface area contributed by atoms with E-state index in [-0.39, 0.29) is 17.2 Å². The summed E-state index contributed by atoms with van der Waals surface area (Å²) < 4.78 is 22.1. The van der Waals surface area contributed by atoms with Crippen LogP contribution in [0.15, 0.2) is 30.3 Å². The molecular formula is C21H24Cl2N2O6. The third-order valence-electron chi connectivity index (χ3n) is 3.74. The molecule has 0 heterocycles. The second-order valence-electron chi connectivity index (χ2n) is 5.97. The maximum Gasteiger partial charge on any atom is 0.276 e. The van der Waals surface area contributed by atoms with Crippen molar-refractivity contribution in [3.8, 4) is 23.0 Å². The average molecular weight is 471 g/mol. The second-order valence-corrected chi connectivity index (χ2v) is 6.81.